The summed E-state index contributed by atoms with van der Waals surface area (Å²) in [5.41, 5.74) is 1.01. The van der Waals surface area contributed by atoms with Crippen molar-refractivity contribution >= 4 is 18.3 Å². The van der Waals surface area contributed by atoms with Crippen LogP contribution < -0.4 is 5.32 Å². The summed E-state index contributed by atoms with van der Waals surface area (Å²) in [6, 6.07) is 3.83. The highest BCUT2D eigenvalue weighted by atomic mass is 32.1. The summed E-state index contributed by atoms with van der Waals surface area (Å²) in [5, 5.41) is 3.01. The van der Waals surface area contributed by atoms with Gasteiger partial charge >= 0.3 is 0 Å². The Morgan fingerprint density at radius 2 is 2.56 bits per heavy atom. The first-order valence-corrected chi connectivity index (χ1v) is 3.31. The Kier molecular flexibility index (Phi) is 2.39. The van der Waals surface area contributed by atoms with Crippen molar-refractivity contribution in [3.8, 4) is 0 Å². The first kappa shape index (κ1) is 6.42. The molecule has 0 bridgehead atoms. The zero-order chi connectivity index (χ0) is 6.53. The van der Waals surface area contributed by atoms with E-state index in [0.717, 1.165) is 5.69 Å². The van der Waals surface area contributed by atoms with Gasteiger partial charge in [0.15, 0.2) is 0 Å². The van der Waals surface area contributed by atoms with Crippen molar-refractivity contribution in [1.29, 1.82) is 0 Å². The number of pyridine rings is 1. The average molecular weight is 140 g/mol. The lowest BCUT2D eigenvalue weighted by Crippen LogP contribution is -1.93. The molecule has 0 amide bonds. The number of rotatable bonds is 2. The molecule has 1 heterocycles. The Bertz CT molecular complexity index is 164. The first-order valence-electron chi connectivity index (χ1n) is 2.68. The zero-order valence-electron chi connectivity index (χ0n) is 4.91. The van der Waals surface area contributed by atoms with Gasteiger partial charge < -0.3 is 5.32 Å². The van der Waals surface area contributed by atoms with Crippen molar-refractivity contribution in [3.63, 3.8) is 0 Å². The second-order valence-corrected chi connectivity index (χ2v) is 1.89. The molecule has 0 unspecified atom stereocenters. The molecule has 1 rings (SSSR count). The van der Waals surface area contributed by atoms with Crippen molar-refractivity contribution in [2.24, 2.45) is 0 Å². The standard InChI is InChI=1S/C6H8N2S/c9-5-8-6-2-1-3-7-4-6/h1-4,8-9H,5H2. The summed E-state index contributed by atoms with van der Waals surface area (Å²) in [7, 11) is 0. The normalized spacial score (nSPS) is 9.00. The highest BCUT2D eigenvalue weighted by Gasteiger charge is 1.82. The van der Waals surface area contributed by atoms with Gasteiger partial charge in [0.05, 0.1) is 11.6 Å². The molecule has 0 fully saturated rings. The molecule has 3 heteroatoms. The summed E-state index contributed by atoms with van der Waals surface area (Å²) in [6.07, 6.45) is 3.50. The topological polar surface area (TPSA) is 24.9 Å². The maximum absolute atomic E-state index is 3.99. The molecule has 48 valence electrons. The van der Waals surface area contributed by atoms with Crippen LogP contribution in [0.1, 0.15) is 0 Å². The van der Waals surface area contributed by atoms with Gasteiger partial charge in [-0.15, -0.1) is 0 Å². The maximum atomic E-state index is 3.99. The predicted molar refractivity (Wildman–Crippen MR) is 41.7 cm³/mol. The average Bonchev–Trinajstić information content (AvgIpc) is 1.91. The molecule has 0 atom stereocenters. The predicted octanol–water partition coefficient (Wildman–Crippen LogP) is 1.38. The Hall–Kier alpha value is -0.700. The van der Waals surface area contributed by atoms with Crippen LogP contribution in [0.2, 0.25) is 0 Å². The Morgan fingerprint density at radius 3 is 3.11 bits per heavy atom. The van der Waals surface area contributed by atoms with E-state index < -0.39 is 0 Å². The number of anilines is 1. The van der Waals surface area contributed by atoms with Gasteiger partial charge in [-0.05, 0) is 12.1 Å². The highest BCUT2D eigenvalue weighted by Crippen LogP contribution is 2.01. The second kappa shape index (κ2) is 3.35. The van der Waals surface area contributed by atoms with Crippen LogP contribution >= 0.6 is 12.6 Å². The largest absolute Gasteiger partial charge is 0.375 e. The second-order valence-electron chi connectivity index (χ2n) is 1.58. The van der Waals surface area contributed by atoms with Crippen molar-refractivity contribution < 1.29 is 0 Å². The van der Waals surface area contributed by atoms with E-state index >= 15 is 0 Å². The van der Waals surface area contributed by atoms with Crippen molar-refractivity contribution in [2.45, 2.75) is 0 Å². The summed E-state index contributed by atoms with van der Waals surface area (Å²) in [5.74, 6) is 0.645. The van der Waals surface area contributed by atoms with Crippen LogP contribution in [0.25, 0.3) is 0 Å². The number of hydrogen-bond acceptors (Lipinski definition) is 3. The number of aromatic nitrogens is 1. The van der Waals surface area contributed by atoms with Gasteiger partial charge in [0.1, 0.15) is 0 Å². The van der Waals surface area contributed by atoms with E-state index in [1.165, 1.54) is 0 Å². The molecule has 0 radical (unpaired) electrons. The molecule has 0 aromatic carbocycles. The van der Waals surface area contributed by atoms with Crippen molar-refractivity contribution in [2.75, 3.05) is 11.2 Å². The molecule has 0 aliphatic heterocycles. The van der Waals surface area contributed by atoms with E-state index in [0.29, 0.717) is 5.88 Å². The van der Waals surface area contributed by atoms with Gasteiger partial charge in [0.2, 0.25) is 0 Å². The summed E-state index contributed by atoms with van der Waals surface area (Å²) in [6.45, 7) is 0. The minimum Gasteiger partial charge on any atom is -0.375 e. The van der Waals surface area contributed by atoms with Gasteiger partial charge in [-0.1, -0.05) is 0 Å². The lowest BCUT2D eigenvalue weighted by atomic mass is 10.4. The molecule has 9 heavy (non-hydrogen) atoms. The number of thiol groups is 1. The van der Waals surface area contributed by atoms with Crippen LogP contribution in [0, 0.1) is 0 Å². The lowest BCUT2D eigenvalue weighted by Gasteiger charge is -1.97. The first-order chi connectivity index (χ1) is 4.43. The Morgan fingerprint density at radius 1 is 1.67 bits per heavy atom. The fourth-order valence-corrected chi connectivity index (χ4v) is 0.741. The molecule has 2 nitrogen and oxygen atoms in total. The van der Waals surface area contributed by atoms with Gasteiger partial charge in [0.25, 0.3) is 0 Å². The summed E-state index contributed by atoms with van der Waals surface area (Å²) < 4.78 is 0. The molecule has 0 saturated carbocycles. The van der Waals surface area contributed by atoms with Crippen LogP contribution in [0.15, 0.2) is 24.5 Å². The molecule has 1 N–H and O–H groups in total. The molecule has 0 spiro atoms. The van der Waals surface area contributed by atoms with E-state index in [1.807, 2.05) is 12.1 Å². The third-order valence-electron chi connectivity index (χ3n) is 0.945. The van der Waals surface area contributed by atoms with E-state index in [1.54, 1.807) is 12.4 Å². The molecule has 1 aromatic rings. The number of hydrogen-bond donors (Lipinski definition) is 2. The zero-order valence-corrected chi connectivity index (χ0v) is 5.81. The van der Waals surface area contributed by atoms with Gasteiger partial charge in [-0.3, -0.25) is 4.98 Å². The quantitative estimate of drug-likeness (QED) is 0.479. The van der Waals surface area contributed by atoms with Gasteiger partial charge in [0, 0.05) is 12.4 Å². The minimum atomic E-state index is 0.645. The lowest BCUT2D eigenvalue weighted by molar-refractivity contribution is 1.30. The van der Waals surface area contributed by atoms with Crippen LogP contribution in [-0.4, -0.2) is 10.9 Å². The van der Waals surface area contributed by atoms with Crippen molar-refractivity contribution in [3.05, 3.63) is 24.5 Å². The molecule has 0 aliphatic carbocycles. The molecular formula is C6H8N2S. The monoisotopic (exact) mass is 140 g/mol. The summed E-state index contributed by atoms with van der Waals surface area (Å²) in [4.78, 5) is 3.91. The van der Waals surface area contributed by atoms with Crippen LogP contribution in [0.3, 0.4) is 0 Å². The van der Waals surface area contributed by atoms with Crippen LogP contribution in [0.4, 0.5) is 5.69 Å². The minimum absolute atomic E-state index is 0.645. The summed E-state index contributed by atoms with van der Waals surface area (Å²) >= 11 is 3.99. The van der Waals surface area contributed by atoms with E-state index in [-0.39, 0.29) is 0 Å². The number of nitrogens with one attached hydrogen (secondary N) is 1. The fraction of sp³-hybridized carbons (Fsp3) is 0.167. The number of nitrogens with zero attached hydrogens (tertiary/aromatic N) is 1. The van der Waals surface area contributed by atoms with Gasteiger partial charge in [-0.25, -0.2) is 0 Å². The molecule has 0 saturated heterocycles. The molecular weight excluding hydrogens is 132 g/mol. The fourth-order valence-electron chi connectivity index (χ4n) is 0.559. The Labute approximate surface area is 59.7 Å². The highest BCUT2D eigenvalue weighted by molar-refractivity contribution is 7.80. The van der Waals surface area contributed by atoms with E-state index in [2.05, 4.69) is 22.9 Å². The maximum Gasteiger partial charge on any atom is 0.0582 e. The SMILES string of the molecule is SCNc1cccnc1. The Balaban J connectivity index is 2.61. The molecule has 1 aromatic heterocycles. The third kappa shape index (κ3) is 1.93. The molecule has 0 aliphatic rings. The van der Waals surface area contributed by atoms with Crippen LogP contribution in [0.5, 0.6) is 0 Å². The van der Waals surface area contributed by atoms with Crippen LogP contribution in [-0.2, 0) is 0 Å². The third-order valence-corrected chi connectivity index (χ3v) is 1.10. The van der Waals surface area contributed by atoms with Crippen molar-refractivity contribution in [1.82, 2.24) is 4.98 Å². The van der Waals surface area contributed by atoms with E-state index in [9.17, 15) is 0 Å². The smallest absolute Gasteiger partial charge is 0.0582 e. The van der Waals surface area contributed by atoms with E-state index in [4.69, 9.17) is 0 Å². The van der Waals surface area contributed by atoms with Gasteiger partial charge in [-0.2, -0.15) is 12.6 Å².